The Bertz CT molecular complexity index is 1270. The van der Waals surface area contributed by atoms with Crippen molar-refractivity contribution in [2.24, 2.45) is 47.3 Å². The maximum Gasteiger partial charge on any atom is 4.00 e. The molecule has 0 aliphatic carbocycles. The first-order valence-corrected chi connectivity index (χ1v) is 48.3. The van der Waals surface area contributed by atoms with Crippen LogP contribution in [-0.4, -0.2) is 76.8 Å². The van der Waals surface area contributed by atoms with E-state index < -0.39 is 22.8 Å². The number of hydrogen-bond acceptors (Lipinski definition) is 16. The Balaban J connectivity index is -0.000000333. The molecule has 0 unspecified atom stereocenters. The van der Waals surface area contributed by atoms with Gasteiger partial charge in [0, 0.05) is 0 Å². The van der Waals surface area contributed by atoms with Gasteiger partial charge in [0.15, 0.2) is 0 Å². The Hall–Kier alpha value is 4.48. The molecule has 0 saturated carbocycles. The van der Waals surface area contributed by atoms with E-state index in [1.54, 1.807) is 0 Å². The van der Waals surface area contributed by atoms with Gasteiger partial charge < -0.3 is 85.2 Å². The standard InChI is InChI=1S/4C16H35O2PS2.Sn/c4*1-15(2)11-7-5-9-13-17-19(20,21)18-14-10-6-8-12-16(3)4;/h4*15-16H,5-14H2,1-4H3,(H,20,21);/q;;;;+4/p-4. The van der Waals surface area contributed by atoms with Gasteiger partial charge >= 0.3 is 23.9 Å². The van der Waals surface area contributed by atoms with Gasteiger partial charge in [-0.25, -0.2) is 0 Å². The third-order valence-corrected chi connectivity index (χ3v) is 22.5. The van der Waals surface area contributed by atoms with Crippen LogP contribution in [-0.2, 0) is 132 Å². The van der Waals surface area contributed by atoms with E-state index in [1.165, 1.54) is 154 Å². The van der Waals surface area contributed by atoms with Gasteiger partial charge in [0.05, 0.1) is 75.6 Å². The average Bonchev–Trinajstić information content (AvgIpc) is 3.37. The molecule has 0 rings (SSSR count). The summed E-state index contributed by atoms with van der Waals surface area (Å²) in [7, 11) is 0. The van der Waals surface area contributed by atoms with Gasteiger partial charge in [0.25, 0.3) is 0 Å². The van der Waals surface area contributed by atoms with E-state index in [1.807, 2.05) is 0 Å². The molecule has 0 aliphatic heterocycles. The average molecular weight is 1530 g/mol. The van der Waals surface area contributed by atoms with E-state index in [0.717, 1.165) is 98.7 Å². The van der Waals surface area contributed by atoms with Crippen molar-refractivity contribution in [2.75, 3.05) is 52.9 Å². The fourth-order valence-corrected chi connectivity index (χ4v) is 14.9. The topological polar surface area (TPSA) is 73.8 Å². The molecule has 0 aromatic heterocycles. The Kier molecular flexibility index (Phi) is 77.4. The largest absolute Gasteiger partial charge is 4.00 e. The van der Waals surface area contributed by atoms with Gasteiger partial charge in [-0.1, -0.05) is 312 Å². The summed E-state index contributed by atoms with van der Waals surface area (Å²) in [6.45, 7) is 41.4. The zero-order valence-electron chi connectivity index (χ0n) is 57.7. The minimum Gasteiger partial charge on any atom is -0.691 e. The van der Waals surface area contributed by atoms with Crippen LogP contribution in [0.4, 0.5) is 0 Å². The molecule has 0 bridgehead atoms. The zero-order valence-corrected chi connectivity index (χ0v) is 70.7. The van der Waals surface area contributed by atoms with Crippen molar-refractivity contribution in [1.29, 1.82) is 0 Å². The second-order valence-electron chi connectivity index (χ2n) is 26.4. The van der Waals surface area contributed by atoms with Gasteiger partial charge in [-0.05, 0) is 98.7 Å². The normalized spacial score (nSPS) is 12.4. The molecule has 0 amide bonds. The van der Waals surface area contributed by atoms with Crippen molar-refractivity contribution in [3.63, 3.8) is 0 Å². The molecular formula is C64H136O8P4S8Sn. The van der Waals surface area contributed by atoms with Crippen LogP contribution >= 0.6 is 22.8 Å². The number of hydrogen-bond donors (Lipinski definition) is 0. The van der Waals surface area contributed by atoms with Crippen LogP contribution in [0.3, 0.4) is 0 Å². The third kappa shape index (κ3) is 92.7. The van der Waals surface area contributed by atoms with E-state index >= 15 is 0 Å². The molecule has 0 heterocycles. The second kappa shape index (κ2) is 67.1. The molecular weight excluding hydrogens is 1400 g/mol. The van der Waals surface area contributed by atoms with Crippen LogP contribution < -0.4 is 0 Å². The van der Waals surface area contributed by atoms with E-state index in [-0.39, 0.29) is 23.9 Å². The SMILES string of the molecule is CC(C)CCCCCOP(=S)([S-])OCCCCCC(C)C.CC(C)CCCCCOP(=S)([S-])OCCCCCC(C)C.CC(C)CCCCCOP(=S)([S-])OCCCCCC(C)C.CC(C)CCCCCOP(=S)([S-])OCCCCCC(C)C.[Sn+4]. The van der Waals surface area contributed by atoms with Gasteiger partial charge in [0.2, 0.25) is 0 Å². The van der Waals surface area contributed by atoms with Crippen LogP contribution in [0.5, 0.6) is 0 Å². The Morgan fingerprint density at radius 1 is 0.200 bits per heavy atom. The quantitative estimate of drug-likeness (QED) is 0.0251. The van der Waals surface area contributed by atoms with Crippen LogP contribution in [0.25, 0.3) is 0 Å². The Morgan fingerprint density at radius 3 is 0.376 bits per heavy atom. The van der Waals surface area contributed by atoms with Gasteiger partial charge in [-0.3, -0.25) is 0 Å². The molecule has 0 atom stereocenters. The van der Waals surface area contributed by atoms with Crippen molar-refractivity contribution in [3.05, 3.63) is 0 Å². The van der Waals surface area contributed by atoms with E-state index in [2.05, 4.69) is 111 Å². The molecule has 0 saturated heterocycles. The summed E-state index contributed by atoms with van der Waals surface area (Å²) in [5.41, 5.74) is -9.65. The maximum absolute atomic E-state index is 5.60. The minimum absolute atomic E-state index is 0. The molecule has 0 aliphatic rings. The van der Waals surface area contributed by atoms with Crippen molar-refractivity contribution in [2.45, 2.75) is 316 Å². The van der Waals surface area contributed by atoms with Gasteiger partial charge in [-0.2, -0.15) is 0 Å². The predicted molar refractivity (Wildman–Crippen MR) is 406 cm³/mol. The molecule has 0 N–H and O–H groups in total. The van der Waals surface area contributed by atoms with Crippen molar-refractivity contribution >= 4 is 143 Å². The molecule has 512 valence electrons. The van der Waals surface area contributed by atoms with Gasteiger partial charge in [-0.15, -0.1) is 0 Å². The predicted octanol–water partition coefficient (Wildman–Crippen LogP) is 24.5. The van der Waals surface area contributed by atoms with Gasteiger partial charge in [0.1, 0.15) is 0 Å². The summed E-state index contributed by atoms with van der Waals surface area (Å²) in [6, 6.07) is 0. The second-order valence-corrected chi connectivity index (χ2v) is 46.4. The summed E-state index contributed by atoms with van der Waals surface area (Å²) in [5, 5.41) is 0. The molecule has 0 aromatic rings. The van der Waals surface area contributed by atoms with E-state index in [9.17, 15) is 0 Å². The minimum atomic E-state index is -2.41. The maximum atomic E-state index is 5.60. The van der Waals surface area contributed by atoms with Crippen LogP contribution in [0.15, 0.2) is 0 Å². The first kappa shape index (κ1) is 98.2. The fourth-order valence-electron chi connectivity index (χ4n) is 8.21. The third-order valence-electron chi connectivity index (χ3n) is 13.4. The molecule has 0 fully saturated rings. The summed E-state index contributed by atoms with van der Waals surface area (Å²) >= 11 is 42.1. The molecule has 0 spiro atoms. The zero-order chi connectivity index (χ0) is 64.6. The van der Waals surface area contributed by atoms with E-state index in [0.29, 0.717) is 52.9 Å². The Morgan fingerprint density at radius 2 is 0.294 bits per heavy atom. The first-order chi connectivity index (χ1) is 39.3. The fraction of sp³-hybridized carbons (Fsp3) is 1.00. The summed E-state index contributed by atoms with van der Waals surface area (Å²) in [4.78, 5) is 0. The Labute approximate surface area is 590 Å². The molecule has 0 radical (unpaired) electrons. The van der Waals surface area contributed by atoms with Crippen molar-refractivity contribution < 1.29 is 36.2 Å². The summed E-state index contributed by atoms with van der Waals surface area (Å²) in [5.74, 6) is 6.29. The first-order valence-electron chi connectivity index (χ1n) is 33.7. The number of unbranched alkanes of at least 4 members (excludes halogenated alkanes) is 16. The smallest absolute Gasteiger partial charge is 0.691 e. The molecule has 0 aromatic carbocycles. The van der Waals surface area contributed by atoms with Crippen LogP contribution in [0.2, 0.25) is 0 Å². The monoisotopic (exact) mass is 1530 g/mol. The summed E-state index contributed by atoms with van der Waals surface area (Å²) in [6.07, 6.45) is 38.3. The van der Waals surface area contributed by atoms with Crippen LogP contribution in [0, 0.1) is 47.3 Å². The molecule has 8 nitrogen and oxygen atoms in total. The van der Waals surface area contributed by atoms with Crippen molar-refractivity contribution in [1.82, 2.24) is 0 Å². The molecule has 85 heavy (non-hydrogen) atoms. The molecule has 21 heteroatoms. The van der Waals surface area contributed by atoms with Crippen molar-refractivity contribution in [3.8, 4) is 0 Å². The van der Waals surface area contributed by atoms with Crippen LogP contribution in [0.1, 0.15) is 316 Å². The van der Waals surface area contributed by atoms with E-state index in [4.69, 9.17) is 132 Å². The summed E-state index contributed by atoms with van der Waals surface area (Å²) < 4.78 is 44.8. The number of rotatable bonds is 56.